The van der Waals surface area contributed by atoms with Gasteiger partial charge in [-0.15, -0.1) is 0 Å². The fourth-order valence-electron chi connectivity index (χ4n) is 2.38. The Morgan fingerprint density at radius 3 is 2.48 bits per heavy atom. The number of rotatable bonds is 7. The molecule has 1 aromatic rings. The van der Waals surface area contributed by atoms with Gasteiger partial charge in [0.2, 0.25) is 0 Å². The van der Waals surface area contributed by atoms with Gasteiger partial charge < -0.3 is 15.3 Å². The third kappa shape index (κ3) is 4.74. The van der Waals surface area contributed by atoms with Crippen molar-refractivity contribution in [1.29, 1.82) is 0 Å². The highest BCUT2D eigenvalue weighted by molar-refractivity contribution is 5.89. The summed E-state index contributed by atoms with van der Waals surface area (Å²) in [6.45, 7) is 5.23. The van der Waals surface area contributed by atoms with Crippen LogP contribution >= 0.6 is 0 Å². The van der Waals surface area contributed by atoms with Gasteiger partial charge in [-0.05, 0) is 49.3 Å². The fraction of sp³-hybridized carbons (Fsp3) is 0.588. The van der Waals surface area contributed by atoms with Crippen molar-refractivity contribution in [1.82, 2.24) is 4.90 Å². The van der Waals surface area contributed by atoms with Crippen molar-refractivity contribution in [2.45, 2.75) is 51.5 Å². The number of urea groups is 1. The number of benzene rings is 1. The van der Waals surface area contributed by atoms with E-state index in [-0.39, 0.29) is 12.6 Å². The molecule has 1 fully saturated rings. The lowest BCUT2D eigenvalue weighted by atomic mass is 10.0. The van der Waals surface area contributed by atoms with Gasteiger partial charge in [-0.1, -0.05) is 26.0 Å². The van der Waals surface area contributed by atoms with Crippen LogP contribution in [0.4, 0.5) is 10.5 Å². The molecule has 116 valence electrons. The molecule has 2 N–H and O–H groups in total. The van der Waals surface area contributed by atoms with Crippen molar-refractivity contribution >= 4 is 11.7 Å². The van der Waals surface area contributed by atoms with E-state index in [1.54, 1.807) is 0 Å². The minimum atomic E-state index is -0.0206. The standard InChI is InChI=1S/C17H26N2O2/c1-13(2)14-5-7-15(8-6-14)18-17(21)19(16-9-10-16)11-3-4-12-20/h5-8,13,16,20H,3-4,9-12H2,1-2H3,(H,18,21). The molecule has 0 aromatic heterocycles. The maximum atomic E-state index is 12.4. The molecule has 2 rings (SSSR count). The molecular weight excluding hydrogens is 264 g/mol. The number of carbonyl (C=O) groups is 1. The number of aliphatic hydroxyl groups excluding tert-OH is 1. The summed E-state index contributed by atoms with van der Waals surface area (Å²) in [5, 5.41) is 11.8. The first-order valence-electron chi connectivity index (χ1n) is 7.90. The van der Waals surface area contributed by atoms with Crippen LogP contribution in [0.3, 0.4) is 0 Å². The smallest absolute Gasteiger partial charge is 0.322 e. The molecule has 1 saturated carbocycles. The van der Waals surface area contributed by atoms with E-state index in [0.717, 1.165) is 37.9 Å². The molecule has 0 radical (unpaired) electrons. The van der Waals surface area contributed by atoms with Gasteiger partial charge in [0.25, 0.3) is 0 Å². The van der Waals surface area contributed by atoms with Crippen LogP contribution in [0.1, 0.15) is 51.0 Å². The second-order valence-corrected chi connectivity index (χ2v) is 6.06. The second-order valence-electron chi connectivity index (χ2n) is 6.06. The molecule has 0 heterocycles. The number of nitrogens with zero attached hydrogens (tertiary/aromatic N) is 1. The summed E-state index contributed by atoms with van der Waals surface area (Å²) in [6.07, 6.45) is 3.80. The maximum Gasteiger partial charge on any atom is 0.322 e. The molecule has 0 bridgehead atoms. The minimum absolute atomic E-state index is 0.0206. The van der Waals surface area contributed by atoms with E-state index in [0.29, 0.717) is 12.0 Å². The lowest BCUT2D eigenvalue weighted by Gasteiger charge is -2.23. The average molecular weight is 290 g/mol. The quantitative estimate of drug-likeness (QED) is 0.754. The van der Waals surface area contributed by atoms with Gasteiger partial charge in [0.05, 0.1) is 0 Å². The van der Waals surface area contributed by atoms with E-state index in [1.807, 2.05) is 17.0 Å². The average Bonchev–Trinajstić information content (AvgIpc) is 3.28. The Morgan fingerprint density at radius 2 is 1.95 bits per heavy atom. The highest BCUT2D eigenvalue weighted by Crippen LogP contribution is 2.28. The van der Waals surface area contributed by atoms with E-state index in [9.17, 15) is 4.79 Å². The van der Waals surface area contributed by atoms with Gasteiger partial charge in [0.1, 0.15) is 0 Å². The van der Waals surface area contributed by atoms with Crippen LogP contribution in [0, 0.1) is 0 Å². The molecule has 2 amide bonds. The lowest BCUT2D eigenvalue weighted by molar-refractivity contribution is 0.204. The second kappa shape index (κ2) is 7.46. The predicted octanol–water partition coefficient (Wildman–Crippen LogP) is 3.58. The number of nitrogens with one attached hydrogen (secondary N) is 1. The lowest BCUT2D eigenvalue weighted by Crippen LogP contribution is -2.37. The molecule has 0 saturated heterocycles. The van der Waals surface area contributed by atoms with E-state index in [4.69, 9.17) is 5.11 Å². The highest BCUT2D eigenvalue weighted by Gasteiger charge is 2.32. The Morgan fingerprint density at radius 1 is 1.29 bits per heavy atom. The van der Waals surface area contributed by atoms with Crippen LogP contribution in [-0.2, 0) is 0 Å². The molecule has 4 heteroatoms. The monoisotopic (exact) mass is 290 g/mol. The Labute approximate surface area is 127 Å². The Bertz CT molecular complexity index is 452. The summed E-state index contributed by atoms with van der Waals surface area (Å²) in [6, 6.07) is 8.42. The van der Waals surface area contributed by atoms with Crippen LogP contribution in [0.2, 0.25) is 0 Å². The van der Waals surface area contributed by atoms with Crippen molar-refractivity contribution < 1.29 is 9.90 Å². The first-order valence-corrected chi connectivity index (χ1v) is 7.90. The molecule has 0 atom stereocenters. The molecule has 0 spiro atoms. The van der Waals surface area contributed by atoms with E-state index >= 15 is 0 Å². The van der Waals surface area contributed by atoms with E-state index in [2.05, 4.69) is 31.3 Å². The van der Waals surface area contributed by atoms with Gasteiger partial charge in [-0.25, -0.2) is 4.79 Å². The Kier molecular flexibility index (Phi) is 5.62. The SMILES string of the molecule is CC(C)c1ccc(NC(=O)N(CCCCO)C2CC2)cc1. The molecule has 1 aromatic carbocycles. The zero-order chi connectivity index (χ0) is 15.2. The highest BCUT2D eigenvalue weighted by atomic mass is 16.3. The first kappa shape index (κ1) is 15.8. The molecule has 4 nitrogen and oxygen atoms in total. The summed E-state index contributed by atoms with van der Waals surface area (Å²) in [7, 11) is 0. The maximum absolute atomic E-state index is 12.4. The number of hydrogen-bond donors (Lipinski definition) is 2. The third-order valence-electron chi connectivity index (χ3n) is 3.88. The van der Waals surface area contributed by atoms with Gasteiger partial charge >= 0.3 is 6.03 Å². The van der Waals surface area contributed by atoms with Crippen molar-refractivity contribution in [3.05, 3.63) is 29.8 Å². The minimum Gasteiger partial charge on any atom is -0.396 e. The Balaban J connectivity index is 1.91. The van der Waals surface area contributed by atoms with Crippen LogP contribution in [0.5, 0.6) is 0 Å². The molecule has 0 aliphatic heterocycles. The van der Waals surface area contributed by atoms with E-state index in [1.165, 1.54) is 5.56 Å². The summed E-state index contributed by atoms with van der Waals surface area (Å²) in [5.74, 6) is 0.496. The molecule has 1 aliphatic rings. The van der Waals surface area contributed by atoms with Crippen LogP contribution in [-0.4, -0.2) is 35.2 Å². The van der Waals surface area contributed by atoms with Crippen LogP contribution in [0.25, 0.3) is 0 Å². The van der Waals surface area contributed by atoms with Gasteiger partial charge in [0.15, 0.2) is 0 Å². The summed E-state index contributed by atoms with van der Waals surface area (Å²) in [5.41, 5.74) is 2.12. The topological polar surface area (TPSA) is 52.6 Å². The zero-order valence-electron chi connectivity index (χ0n) is 13.0. The number of amides is 2. The number of hydrogen-bond acceptors (Lipinski definition) is 2. The number of carbonyl (C=O) groups excluding carboxylic acids is 1. The Hall–Kier alpha value is -1.55. The van der Waals surface area contributed by atoms with Crippen molar-refractivity contribution in [2.75, 3.05) is 18.5 Å². The number of aliphatic hydroxyl groups is 1. The summed E-state index contributed by atoms with van der Waals surface area (Å²) < 4.78 is 0. The molecule has 1 aliphatic carbocycles. The first-order chi connectivity index (χ1) is 10.1. The van der Waals surface area contributed by atoms with Crippen molar-refractivity contribution in [3.8, 4) is 0 Å². The predicted molar refractivity (Wildman–Crippen MR) is 85.6 cm³/mol. The van der Waals surface area contributed by atoms with Crippen LogP contribution < -0.4 is 5.32 Å². The largest absolute Gasteiger partial charge is 0.396 e. The van der Waals surface area contributed by atoms with Crippen molar-refractivity contribution in [3.63, 3.8) is 0 Å². The summed E-state index contributed by atoms with van der Waals surface area (Å²) >= 11 is 0. The molecule has 21 heavy (non-hydrogen) atoms. The number of unbranched alkanes of at least 4 members (excludes halogenated alkanes) is 1. The number of anilines is 1. The molecule has 0 unspecified atom stereocenters. The van der Waals surface area contributed by atoms with Gasteiger partial charge in [0, 0.05) is 24.9 Å². The zero-order valence-corrected chi connectivity index (χ0v) is 13.0. The van der Waals surface area contributed by atoms with Gasteiger partial charge in [-0.3, -0.25) is 0 Å². The fourth-order valence-corrected chi connectivity index (χ4v) is 2.38. The van der Waals surface area contributed by atoms with Crippen molar-refractivity contribution in [2.24, 2.45) is 0 Å². The van der Waals surface area contributed by atoms with E-state index < -0.39 is 0 Å². The van der Waals surface area contributed by atoms with Gasteiger partial charge in [-0.2, -0.15) is 0 Å². The third-order valence-corrected chi connectivity index (χ3v) is 3.88. The molecular formula is C17H26N2O2. The normalized spacial score (nSPS) is 14.3. The summed E-state index contributed by atoms with van der Waals surface area (Å²) in [4.78, 5) is 14.3. The van der Waals surface area contributed by atoms with Crippen LogP contribution in [0.15, 0.2) is 24.3 Å².